The zero-order valence-electron chi connectivity index (χ0n) is 19.7. The number of halogens is 1. The first kappa shape index (κ1) is 24.2. The van der Waals surface area contributed by atoms with Crippen LogP contribution in [-0.4, -0.2) is 75.6 Å². The molecule has 4 heterocycles. The Balaban J connectivity index is 1.54. The summed E-state index contributed by atoms with van der Waals surface area (Å²) >= 11 is 6.47. The van der Waals surface area contributed by atoms with Gasteiger partial charge in [0.25, 0.3) is 0 Å². The van der Waals surface area contributed by atoms with Crippen LogP contribution in [0.1, 0.15) is 56.3 Å². The summed E-state index contributed by atoms with van der Waals surface area (Å²) in [4.78, 5) is 22.3. The molecule has 4 atom stereocenters. The minimum Gasteiger partial charge on any atom is -0.355 e. The zero-order valence-corrected chi connectivity index (χ0v) is 20.5. The number of anilines is 1. The fourth-order valence-corrected chi connectivity index (χ4v) is 5.09. The van der Waals surface area contributed by atoms with Crippen molar-refractivity contribution in [2.45, 2.75) is 69.5 Å². The quantitative estimate of drug-likeness (QED) is 0.391. The van der Waals surface area contributed by atoms with Crippen LogP contribution in [0.5, 0.6) is 0 Å². The number of hydrogen-bond donors (Lipinski definition) is 3. The molecule has 182 valence electrons. The van der Waals surface area contributed by atoms with Crippen molar-refractivity contribution >= 4 is 29.0 Å². The Hall–Kier alpha value is -1.94. The fraction of sp³-hybridized carbons (Fsp3) is 0.696. The third kappa shape index (κ3) is 5.26. The molecule has 2 aromatic rings. The summed E-state index contributed by atoms with van der Waals surface area (Å²) in [7, 11) is 0. The number of amides is 1. The van der Waals surface area contributed by atoms with E-state index in [1.807, 2.05) is 21.7 Å². The number of carbonyl (C=O) groups is 1. The first-order valence-electron chi connectivity index (χ1n) is 12.2. The minimum atomic E-state index is -0.750. The number of rotatable bonds is 8. The normalized spacial score (nSPS) is 23.3. The number of carbonyl (C=O) groups excluding carboxylic acids is 1. The van der Waals surface area contributed by atoms with Gasteiger partial charge < -0.3 is 26.6 Å². The minimum absolute atomic E-state index is 0.106. The molecule has 5 N–H and O–H groups in total. The van der Waals surface area contributed by atoms with Gasteiger partial charge in [-0.3, -0.25) is 4.79 Å². The first-order chi connectivity index (χ1) is 15.9. The number of nitrogens with zero attached hydrogens (tertiary/aromatic N) is 5. The molecule has 0 radical (unpaired) electrons. The number of piperidine rings is 1. The summed E-state index contributed by atoms with van der Waals surface area (Å²) in [5, 5.41) is 7.61. The van der Waals surface area contributed by atoms with E-state index in [-0.39, 0.29) is 18.0 Å². The highest BCUT2D eigenvalue weighted by Crippen LogP contribution is 2.32. The Morgan fingerprint density at radius 2 is 2.15 bits per heavy atom. The van der Waals surface area contributed by atoms with E-state index in [9.17, 15) is 4.79 Å². The van der Waals surface area contributed by atoms with Gasteiger partial charge in [0.2, 0.25) is 5.91 Å². The van der Waals surface area contributed by atoms with Crippen molar-refractivity contribution in [2.24, 2.45) is 11.5 Å². The Morgan fingerprint density at radius 3 is 2.88 bits per heavy atom. The lowest BCUT2D eigenvalue weighted by Gasteiger charge is -2.37. The van der Waals surface area contributed by atoms with E-state index in [0.29, 0.717) is 13.1 Å². The van der Waals surface area contributed by atoms with Gasteiger partial charge in [-0.2, -0.15) is 5.10 Å². The maximum Gasteiger partial charge on any atom is 0.241 e. The van der Waals surface area contributed by atoms with Crippen LogP contribution in [0.25, 0.3) is 5.65 Å². The van der Waals surface area contributed by atoms with Crippen LogP contribution < -0.4 is 21.7 Å². The largest absolute Gasteiger partial charge is 0.355 e. The molecule has 2 aromatic heterocycles. The van der Waals surface area contributed by atoms with Gasteiger partial charge in [0.05, 0.1) is 17.1 Å². The Kier molecular flexibility index (Phi) is 7.73. The van der Waals surface area contributed by atoms with Crippen LogP contribution in [0.4, 0.5) is 5.82 Å². The van der Waals surface area contributed by atoms with Crippen molar-refractivity contribution in [3.63, 3.8) is 0 Å². The number of aromatic nitrogens is 3. The lowest BCUT2D eigenvalue weighted by atomic mass is 9.98. The van der Waals surface area contributed by atoms with E-state index in [4.69, 9.17) is 33.2 Å². The first-order valence-corrected chi connectivity index (χ1v) is 12.6. The summed E-state index contributed by atoms with van der Waals surface area (Å²) in [6.07, 6.45) is 6.86. The van der Waals surface area contributed by atoms with Crippen LogP contribution in [0.15, 0.2) is 12.3 Å². The number of alkyl halides is 1. The van der Waals surface area contributed by atoms with Gasteiger partial charge >= 0.3 is 0 Å². The number of fused-ring (bicyclic) bond motifs is 1. The average Bonchev–Trinajstić information content (AvgIpc) is 3.43. The number of nitrogens with one attached hydrogen (secondary N) is 1. The van der Waals surface area contributed by atoms with Crippen molar-refractivity contribution in [3.05, 3.63) is 23.5 Å². The van der Waals surface area contributed by atoms with Gasteiger partial charge in [-0.05, 0) is 45.6 Å². The van der Waals surface area contributed by atoms with Crippen molar-refractivity contribution in [1.82, 2.24) is 24.8 Å². The summed E-state index contributed by atoms with van der Waals surface area (Å²) < 4.78 is 1.82. The maximum atomic E-state index is 13.3. The van der Waals surface area contributed by atoms with Crippen LogP contribution in [0.2, 0.25) is 0 Å². The molecule has 33 heavy (non-hydrogen) atoms. The molecule has 4 rings (SSSR count). The van der Waals surface area contributed by atoms with Crippen LogP contribution in [0.3, 0.4) is 0 Å². The highest BCUT2D eigenvalue weighted by Gasteiger charge is 2.35. The van der Waals surface area contributed by atoms with Gasteiger partial charge in [0, 0.05) is 50.0 Å². The number of nitrogens with two attached hydrogens (primary N) is 2. The molecule has 2 saturated heterocycles. The molecule has 2 unspecified atom stereocenters. The second kappa shape index (κ2) is 10.5. The average molecular weight is 477 g/mol. The predicted molar refractivity (Wildman–Crippen MR) is 132 cm³/mol. The summed E-state index contributed by atoms with van der Waals surface area (Å²) in [6.45, 7) is 7.92. The highest BCUT2D eigenvalue weighted by molar-refractivity contribution is 6.23. The van der Waals surface area contributed by atoms with Crippen LogP contribution in [-0.2, 0) is 4.79 Å². The molecule has 0 aliphatic carbocycles. The molecule has 1 amide bonds. The van der Waals surface area contributed by atoms with Gasteiger partial charge in [0.1, 0.15) is 11.9 Å². The lowest BCUT2D eigenvalue weighted by Crippen LogP contribution is -2.53. The molecule has 0 bridgehead atoms. The third-order valence-corrected chi connectivity index (χ3v) is 7.14. The predicted octanol–water partition coefficient (Wildman–Crippen LogP) is 1.56. The number of likely N-dealkylation sites (tertiary alicyclic amines) is 1. The highest BCUT2D eigenvalue weighted by atomic mass is 35.5. The lowest BCUT2D eigenvalue weighted by molar-refractivity contribution is -0.136. The SMILES string of the molecule is CCCNCC(Cl)C(N)C(=O)N1CCCC[C@H]1c1cc2nc(N3CC[C@H](N)C3)c(C)cn2n1. The molecule has 10 heteroatoms. The van der Waals surface area contributed by atoms with E-state index >= 15 is 0 Å². The second-order valence-corrected chi connectivity index (χ2v) is 9.96. The van der Waals surface area contributed by atoms with Gasteiger partial charge in [-0.25, -0.2) is 9.50 Å². The van der Waals surface area contributed by atoms with Crippen LogP contribution in [0, 0.1) is 6.92 Å². The van der Waals surface area contributed by atoms with Gasteiger partial charge in [-0.15, -0.1) is 11.6 Å². The second-order valence-electron chi connectivity index (χ2n) is 9.40. The van der Waals surface area contributed by atoms with Crippen LogP contribution >= 0.6 is 11.6 Å². The molecule has 0 spiro atoms. The molecule has 2 fully saturated rings. The van der Waals surface area contributed by atoms with E-state index < -0.39 is 11.4 Å². The molecule has 0 aromatic carbocycles. The van der Waals surface area contributed by atoms with Gasteiger partial charge in [-0.1, -0.05) is 6.92 Å². The van der Waals surface area contributed by atoms with Crippen molar-refractivity contribution < 1.29 is 4.79 Å². The molecule has 2 aliphatic heterocycles. The van der Waals surface area contributed by atoms with Gasteiger partial charge in [0.15, 0.2) is 5.65 Å². The Morgan fingerprint density at radius 1 is 1.33 bits per heavy atom. The number of hydrogen-bond acceptors (Lipinski definition) is 7. The van der Waals surface area contributed by atoms with E-state index in [0.717, 1.165) is 74.5 Å². The topological polar surface area (TPSA) is 118 Å². The molecule has 9 nitrogen and oxygen atoms in total. The van der Waals surface area contributed by atoms with E-state index in [1.54, 1.807) is 0 Å². The maximum absolute atomic E-state index is 13.3. The molecular formula is C23H37ClN8O. The standard InChI is InChI=1S/C23H37ClN8O/c1-3-8-27-12-17(24)21(26)23(33)31-9-5-4-6-19(31)18-11-20-28-22(15(2)13-32(20)29-18)30-10-7-16(25)14-30/h11,13,16-17,19,21,27H,3-10,12,14,25-26H2,1-2H3/t16-,17?,19-,21?/m0/s1. The van der Waals surface area contributed by atoms with Crippen molar-refractivity contribution in [1.29, 1.82) is 0 Å². The van der Waals surface area contributed by atoms with Crippen molar-refractivity contribution in [3.8, 4) is 0 Å². The fourth-order valence-electron chi connectivity index (χ4n) is 4.87. The van der Waals surface area contributed by atoms with E-state index in [1.165, 1.54) is 0 Å². The molecule has 0 saturated carbocycles. The summed E-state index contributed by atoms with van der Waals surface area (Å²) in [5.41, 5.74) is 15.1. The third-order valence-electron chi connectivity index (χ3n) is 6.72. The monoisotopic (exact) mass is 476 g/mol. The summed E-state index contributed by atoms with van der Waals surface area (Å²) in [5.74, 6) is 0.857. The Labute approximate surface area is 200 Å². The Bertz CT molecular complexity index is 965. The molecular weight excluding hydrogens is 440 g/mol. The van der Waals surface area contributed by atoms with E-state index in [2.05, 4.69) is 24.1 Å². The smallest absolute Gasteiger partial charge is 0.241 e. The van der Waals surface area contributed by atoms with Crippen molar-refractivity contribution in [2.75, 3.05) is 37.6 Å². The zero-order chi connectivity index (χ0) is 23.5. The number of aryl methyl sites for hydroxylation is 1. The summed E-state index contributed by atoms with van der Waals surface area (Å²) in [6, 6.07) is 1.33. The molecule has 2 aliphatic rings.